The molecular weight excluding hydrogens is 312 g/mol. The van der Waals surface area contributed by atoms with Crippen LogP contribution in [0, 0.1) is 0 Å². The van der Waals surface area contributed by atoms with Gasteiger partial charge in [-0.25, -0.2) is 4.79 Å². The number of carbonyl (C=O) groups excluding carboxylic acids is 1. The summed E-state index contributed by atoms with van der Waals surface area (Å²) in [7, 11) is 3.75. The highest BCUT2D eigenvalue weighted by molar-refractivity contribution is 5.75. The molecular formula is C20H26N4O. The first-order valence-electron chi connectivity index (χ1n) is 9.18. The highest BCUT2D eigenvalue weighted by Crippen LogP contribution is 2.47. The van der Waals surface area contributed by atoms with Gasteiger partial charge in [-0.1, -0.05) is 18.2 Å². The number of urea groups is 1. The van der Waals surface area contributed by atoms with Gasteiger partial charge in [0.05, 0.1) is 18.3 Å². The summed E-state index contributed by atoms with van der Waals surface area (Å²) in [5.41, 5.74) is 5.38. The predicted octanol–water partition coefficient (Wildman–Crippen LogP) is 3.69. The minimum atomic E-state index is -0.0161. The molecule has 2 aliphatic rings. The molecule has 0 radical (unpaired) electrons. The molecule has 2 aromatic rings. The summed E-state index contributed by atoms with van der Waals surface area (Å²) < 4.78 is 1.77. The Morgan fingerprint density at radius 3 is 3.04 bits per heavy atom. The Labute approximate surface area is 149 Å². The maximum Gasteiger partial charge on any atom is 0.318 e. The first-order chi connectivity index (χ1) is 12.0. The average Bonchev–Trinajstić information content (AvgIpc) is 3.20. The van der Waals surface area contributed by atoms with Gasteiger partial charge in [0.25, 0.3) is 0 Å². The molecule has 2 amide bonds. The lowest BCUT2D eigenvalue weighted by atomic mass is 9.84. The second kappa shape index (κ2) is 6.21. The van der Waals surface area contributed by atoms with Gasteiger partial charge in [-0.3, -0.25) is 4.68 Å². The van der Waals surface area contributed by atoms with E-state index in [-0.39, 0.29) is 18.1 Å². The van der Waals surface area contributed by atoms with Crippen LogP contribution in [0.3, 0.4) is 0 Å². The van der Waals surface area contributed by atoms with Crippen molar-refractivity contribution in [2.24, 2.45) is 7.05 Å². The molecule has 5 nitrogen and oxygen atoms in total. The number of amides is 2. The van der Waals surface area contributed by atoms with E-state index < -0.39 is 0 Å². The normalized spacial score (nSPS) is 22.4. The van der Waals surface area contributed by atoms with Crippen molar-refractivity contribution in [1.29, 1.82) is 0 Å². The van der Waals surface area contributed by atoms with Gasteiger partial charge in [0.2, 0.25) is 0 Å². The zero-order chi connectivity index (χ0) is 17.6. The van der Waals surface area contributed by atoms with Crippen LogP contribution in [0.15, 0.2) is 30.6 Å². The Balaban J connectivity index is 1.50. The van der Waals surface area contributed by atoms with E-state index in [1.807, 2.05) is 33.4 Å². The lowest BCUT2D eigenvalue weighted by Crippen LogP contribution is -2.40. The first kappa shape index (κ1) is 16.2. The molecule has 2 aliphatic carbocycles. The van der Waals surface area contributed by atoms with Gasteiger partial charge in [-0.05, 0) is 55.2 Å². The fourth-order valence-electron chi connectivity index (χ4n) is 4.43. The average molecular weight is 338 g/mol. The molecule has 4 rings (SSSR count). The standard InChI is InChI=1S/C20H26N4O/c1-13(16-11-21-23(2)12-16)24(3)20(25)22-18-10-15-8-4-6-14-7-5-9-17(18)19(14)15/h5,7,9,11-13,15,18H,4,6,8,10H2,1-3H3,(H,22,25)/t13-,15-,18-/m1/s1. The Hall–Kier alpha value is -2.30. The van der Waals surface area contributed by atoms with Crippen LogP contribution in [0.2, 0.25) is 0 Å². The zero-order valence-electron chi connectivity index (χ0n) is 15.2. The molecule has 0 saturated heterocycles. The number of nitrogens with zero attached hydrogens (tertiary/aromatic N) is 3. The minimum absolute atomic E-state index is 0.00705. The topological polar surface area (TPSA) is 50.2 Å². The molecule has 0 aliphatic heterocycles. The van der Waals surface area contributed by atoms with Crippen molar-refractivity contribution in [3.05, 3.63) is 52.8 Å². The van der Waals surface area contributed by atoms with Crippen LogP contribution in [0.4, 0.5) is 4.79 Å². The van der Waals surface area contributed by atoms with Crippen molar-refractivity contribution in [3.8, 4) is 0 Å². The van der Waals surface area contributed by atoms with Crippen molar-refractivity contribution in [3.63, 3.8) is 0 Å². The summed E-state index contributed by atoms with van der Waals surface area (Å²) in [6.07, 6.45) is 8.51. The Bertz CT molecular complexity index is 797. The maximum atomic E-state index is 12.8. The number of hydrogen-bond acceptors (Lipinski definition) is 2. The monoisotopic (exact) mass is 338 g/mol. The van der Waals surface area contributed by atoms with Crippen LogP contribution in [-0.4, -0.2) is 27.8 Å². The van der Waals surface area contributed by atoms with Crippen LogP contribution in [0.25, 0.3) is 0 Å². The van der Waals surface area contributed by atoms with Crippen LogP contribution in [0.5, 0.6) is 0 Å². The van der Waals surface area contributed by atoms with Gasteiger partial charge in [-0.2, -0.15) is 5.10 Å². The van der Waals surface area contributed by atoms with E-state index in [1.165, 1.54) is 36.0 Å². The van der Waals surface area contributed by atoms with Gasteiger partial charge >= 0.3 is 6.03 Å². The fourth-order valence-corrected chi connectivity index (χ4v) is 4.43. The predicted molar refractivity (Wildman–Crippen MR) is 97.4 cm³/mol. The summed E-state index contributed by atoms with van der Waals surface area (Å²) in [6, 6.07) is 6.70. The molecule has 0 bridgehead atoms. The maximum absolute atomic E-state index is 12.8. The van der Waals surface area contributed by atoms with Gasteiger partial charge in [-0.15, -0.1) is 0 Å². The SMILES string of the molecule is C[C@H](c1cnn(C)c1)N(C)C(=O)N[C@@H]1C[C@H]2CCCc3cccc1c32. The van der Waals surface area contributed by atoms with Crippen LogP contribution < -0.4 is 5.32 Å². The fraction of sp³-hybridized carbons (Fsp3) is 0.500. The molecule has 0 unspecified atom stereocenters. The van der Waals surface area contributed by atoms with Gasteiger partial charge in [0, 0.05) is 25.9 Å². The first-order valence-corrected chi connectivity index (χ1v) is 9.18. The molecule has 3 atom stereocenters. The molecule has 1 heterocycles. The second-order valence-corrected chi connectivity index (χ2v) is 7.48. The number of benzene rings is 1. The number of nitrogens with one attached hydrogen (secondary N) is 1. The van der Waals surface area contributed by atoms with Crippen molar-refractivity contribution in [2.45, 2.75) is 50.6 Å². The van der Waals surface area contributed by atoms with Crippen molar-refractivity contribution in [1.82, 2.24) is 20.0 Å². The zero-order valence-corrected chi connectivity index (χ0v) is 15.2. The van der Waals surface area contributed by atoms with Crippen molar-refractivity contribution in [2.75, 3.05) is 7.05 Å². The van der Waals surface area contributed by atoms with Gasteiger partial charge in [0.1, 0.15) is 0 Å². The summed E-state index contributed by atoms with van der Waals surface area (Å²) >= 11 is 0. The van der Waals surface area contributed by atoms with E-state index in [4.69, 9.17) is 0 Å². The Morgan fingerprint density at radius 1 is 1.44 bits per heavy atom. The molecule has 1 N–H and O–H groups in total. The molecule has 0 spiro atoms. The second-order valence-electron chi connectivity index (χ2n) is 7.48. The van der Waals surface area contributed by atoms with E-state index >= 15 is 0 Å². The number of carbonyl (C=O) groups is 1. The number of rotatable bonds is 3. The Morgan fingerprint density at radius 2 is 2.28 bits per heavy atom. The third-order valence-corrected chi connectivity index (χ3v) is 5.94. The van der Waals surface area contributed by atoms with Crippen molar-refractivity contribution >= 4 is 6.03 Å². The molecule has 1 aromatic heterocycles. The van der Waals surface area contributed by atoms with E-state index in [1.54, 1.807) is 9.58 Å². The molecule has 132 valence electrons. The quantitative estimate of drug-likeness (QED) is 0.928. The van der Waals surface area contributed by atoms with Gasteiger partial charge in [0.15, 0.2) is 0 Å². The van der Waals surface area contributed by atoms with Crippen LogP contribution in [0.1, 0.15) is 66.4 Å². The summed E-state index contributed by atoms with van der Waals surface area (Å²) in [5.74, 6) is 0.617. The summed E-state index contributed by atoms with van der Waals surface area (Å²) in [4.78, 5) is 14.6. The van der Waals surface area contributed by atoms with E-state index in [9.17, 15) is 4.79 Å². The number of aryl methyl sites for hydroxylation is 2. The van der Waals surface area contributed by atoms with Crippen LogP contribution in [-0.2, 0) is 13.5 Å². The molecule has 0 fully saturated rings. The largest absolute Gasteiger partial charge is 0.331 e. The van der Waals surface area contributed by atoms with E-state index in [0.717, 1.165) is 12.0 Å². The highest BCUT2D eigenvalue weighted by Gasteiger charge is 2.35. The summed E-state index contributed by atoms with van der Waals surface area (Å²) in [6.45, 7) is 2.04. The summed E-state index contributed by atoms with van der Waals surface area (Å²) in [5, 5.41) is 7.48. The highest BCUT2D eigenvalue weighted by atomic mass is 16.2. The number of hydrogen-bond donors (Lipinski definition) is 1. The lowest BCUT2D eigenvalue weighted by molar-refractivity contribution is 0.190. The van der Waals surface area contributed by atoms with E-state index in [2.05, 4.69) is 28.6 Å². The third kappa shape index (κ3) is 2.81. The minimum Gasteiger partial charge on any atom is -0.331 e. The molecule has 25 heavy (non-hydrogen) atoms. The van der Waals surface area contributed by atoms with Crippen LogP contribution >= 0.6 is 0 Å². The molecule has 1 aromatic carbocycles. The van der Waals surface area contributed by atoms with Crippen molar-refractivity contribution < 1.29 is 4.79 Å². The lowest BCUT2D eigenvalue weighted by Gasteiger charge is -2.26. The smallest absolute Gasteiger partial charge is 0.318 e. The van der Waals surface area contributed by atoms with Gasteiger partial charge < -0.3 is 10.2 Å². The molecule has 5 heteroatoms. The third-order valence-electron chi connectivity index (χ3n) is 5.94. The van der Waals surface area contributed by atoms with E-state index in [0.29, 0.717) is 5.92 Å². The number of aromatic nitrogens is 2. The Kier molecular flexibility index (Phi) is 4.02. The molecule has 0 saturated carbocycles.